The Morgan fingerprint density at radius 1 is 1.11 bits per heavy atom. The number of carbonyl (C=O) groups excluding carboxylic acids is 1. The fourth-order valence-corrected chi connectivity index (χ4v) is 4.27. The molecule has 0 unspecified atom stereocenters. The molecule has 1 saturated heterocycles. The molecule has 2 heterocycles. The monoisotopic (exact) mass is 480 g/mol. The first-order valence-corrected chi connectivity index (χ1v) is 12.3. The highest BCUT2D eigenvalue weighted by molar-refractivity contribution is 5.86. The van der Waals surface area contributed by atoms with E-state index in [1.165, 1.54) is 12.1 Å². The van der Waals surface area contributed by atoms with Crippen molar-refractivity contribution in [2.24, 2.45) is 0 Å². The van der Waals surface area contributed by atoms with Gasteiger partial charge in [0.25, 0.3) is 0 Å². The number of likely N-dealkylation sites (tertiary alicyclic amines) is 1. The lowest BCUT2D eigenvalue weighted by Gasteiger charge is -2.31. The topological polar surface area (TPSA) is 60.9 Å². The third-order valence-electron chi connectivity index (χ3n) is 6.35. The van der Waals surface area contributed by atoms with Crippen LogP contribution in [0.4, 0.5) is 4.39 Å². The molecule has 1 amide bonds. The standard InChI is InChI=1S/C28H33FN2O4/c1-4-5-15-33-28-19(2)27(30-26-10-9-21(29)16-25(26)28)18-34-23-7-6-8-24(17-23)35-22-11-13-31(14-12-22)20(3)32/h6-10,16-17,22H,4-5,11-15,18H2,1-3H3. The number of rotatable bonds is 9. The first kappa shape index (κ1) is 24.8. The summed E-state index contributed by atoms with van der Waals surface area (Å²) in [5.41, 5.74) is 2.28. The molecule has 0 atom stereocenters. The highest BCUT2D eigenvalue weighted by Gasteiger charge is 2.22. The summed E-state index contributed by atoms with van der Waals surface area (Å²) in [5, 5.41) is 0.675. The maximum absolute atomic E-state index is 13.9. The average molecular weight is 481 g/mol. The van der Waals surface area contributed by atoms with E-state index in [9.17, 15) is 9.18 Å². The summed E-state index contributed by atoms with van der Waals surface area (Å²) in [4.78, 5) is 18.1. The SMILES string of the molecule is CCCCOc1c(C)c(COc2cccc(OC3CCN(C(C)=O)CC3)c2)nc2ccc(F)cc12. The quantitative estimate of drug-likeness (QED) is 0.361. The molecule has 0 N–H and O–H groups in total. The number of halogens is 1. The van der Waals surface area contributed by atoms with Gasteiger partial charge in [-0.25, -0.2) is 9.37 Å². The van der Waals surface area contributed by atoms with E-state index in [0.29, 0.717) is 29.0 Å². The van der Waals surface area contributed by atoms with E-state index in [1.54, 1.807) is 13.0 Å². The fourth-order valence-electron chi connectivity index (χ4n) is 4.27. The Hall–Kier alpha value is -3.35. The summed E-state index contributed by atoms with van der Waals surface area (Å²) in [6, 6.07) is 12.1. The summed E-state index contributed by atoms with van der Waals surface area (Å²) in [6.07, 6.45) is 3.64. The zero-order valence-corrected chi connectivity index (χ0v) is 20.7. The van der Waals surface area contributed by atoms with Crippen molar-refractivity contribution in [3.05, 3.63) is 59.5 Å². The van der Waals surface area contributed by atoms with Gasteiger partial charge >= 0.3 is 0 Å². The molecule has 1 aromatic heterocycles. The fraction of sp³-hybridized carbons (Fsp3) is 0.429. The van der Waals surface area contributed by atoms with E-state index in [4.69, 9.17) is 19.2 Å². The van der Waals surface area contributed by atoms with Crippen LogP contribution < -0.4 is 14.2 Å². The third-order valence-corrected chi connectivity index (χ3v) is 6.35. The number of pyridine rings is 1. The normalized spacial score (nSPS) is 14.2. The van der Waals surface area contributed by atoms with Gasteiger partial charge in [0, 0.05) is 49.9 Å². The van der Waals surface area contributed by atoms with Crippen molar-refractivity contribution in [1.82, 2.24) is 9.88 Å². The molecule has 1 aliphatic rings. The smallest absolute Gasteiger partial charge is 0.219 e. The lowest BCUT2D eigenvalue weighted by molar-refractivity contribution is -0.130. The number of piperidine rings is 1. The van der Waals surface area contributed by atoms with Crippen molar-refractivity contribution in [3.8, 4) is 17.2 Å². The van der Waals surface area contributed by atoms with Crippen LogP contribution >= 0.6 is 0 Å². The number of hydrogen-bond acceptors (Lipinski definition) is 5. The molecule has 0 saturated carbocycles. The molecule has 1 aliphatic heterocycles. The molecule has 3 aromatic rings. The Bertz CT molecular complexity index is 1180. The minimum atomic E-state index is -0.313. The number of carbonyl (C=O) groups is 1. The van der Waals surface area contributed by atoms with E-state index in [2.05, 4.69) is 6.92 Å². The minimum absolute atomic E-state index is 0.0773. The summed E-state index contributed by atoms with van der Waals surface area (Å²) in [6.45, 7) is 7.90. The zero-order chi connectivity index (χ0) is 24.8. The van der Waals surface area contributed by atoms with E-state index in [-0.39, 0.29) is 24.4 Å². The average Bonchev–Trinajstić information content (AvgIpc) is 2.85. The number of fused-ring (bicyclic) bond motifs is 1. The summed E-state index contributed by atoms with van der Waals surface area (Å²) in [5.74, 6) is 1.88. The predicted octanol–water partition coefficient (Wildman–Crippen LogP) is 5.83. The highest BCUT2D eigenvalue weighted by Crippen LogP contribution is 2.32. The van der Waals surface area contributed by atoms with Crippen LogP contribution in [0.1, 0.15) is 50.8 Å². The zero-order valence-electron chi connectivity index (χ0n) is 20.7. The summed E-state index contributed by atoms with van der Waals surface area (Å²) in [7, 11) is 0. The highest BCUT2D eigenvalue weighted by atomic mass is 19.1. The van der Waals surface area contributed by atoms with E-state index in [0.717, 1.165) is 55.8 Å². The molecule has 0 aliphatic carbocycles. The van der Waals surface area contributed by atoms with Gasteiger partial charge in [-0.2, -0.15) is 0 Å². The van der Waals surface area contributed by atoms with Crippen LogP contribution in [0.2, 0.25) is 0 Å². The molecule has 0 spiro atoms. The Morgan fingerprint density at radius 3 is 2.63 bits per heavy atom. The van der Waals surface area contributed by atoms with Crippen molar-refractivity contribution in [2.45, 2.75) is 59.2 Å². The first-order chi connectivity index (χ1) is 16.9. The van der Waals surface area contributed by atoms with Crippen molar-refractivity contribution in [1.29, 1.82) is 0 Å². The van der Waals surface area contributed by atoms with Crippen LogP contribution in [-0.2, 0) is 11.4 Å². The van der Waals surface area contributed by atoms with Gasteiger partial charge in [0.2, 0.25) is 5.91 Å². The van der Waals surface area contributed by atoms with Gasteiger partial charge in [-0.05, 0) is 43.7 Å². The molecule has 0 radical (unpaired) electrons. The number of nitrogens with zero attached hydrogens (tertiary/aromatic N) is 2. The molecule has 1 fully saturated rings. The second kappa shape index (κ2) is 11.4. The second-order valence-electron chi connectivity index (χ2n) is 8.96. The van der Waals surface area contributed by atoms with Gasteiger partial charge < -0.3 is 19.1 Å². The minimum Gasteiger partial charge on any atom is -0.493 e. The van der Waals surface area contributed by atoms with Gasteiger partial charge in [-0.15, -0.1) is 0 Å². The van der Waals surface area contributed by atoms with Crippen LogP contribution in [0.3, 0.4) is 0 Å². The Balaban J connectivity index is 1.46. The number of aromatic nitrogens is 1. The number of benzene rings is 2. The molecule has 4 rings (SSSR count). The Kier molecular flexibility index (Phi) is 8.06. The van der Waals surface area contributed by atoms with Crippen LogP contribution in [0.5, 0.6) is 17.2 Å². The lowest BCUT2D eigenvalue weighted by atomic mass is 10.1. The first-order valence-electron chi connectivity index (χ1n) is 12.3. The number of hydrogen-bond donors (Lipinski definition) is 0. The molecular weight excluding hydrogens is 447 g/mol. The van der Waals surface area contributed by atoms with Crippen molar-refractivity contribution in [3.63, 3.8) is 0 Å². The Morgan fingerprint density at radius 2 is 1.89 bits per heavy atom. The van der Waals surface area contributed by atoms with Gasteiger partial charge in [0.05, 0.1) is 17.8 Å². The van der Waals surface area contributed by atoms with Gasteiger partial charge in [0.15, 0.2) is 0 Å². The second-order valence-corrected chi connectivity index (χ2v) is 8.96. The summed E-state index contributed by atoms with van der Waals surface area (Å²) >= 11 is 0. The predicted molar refractivity (Wildman–Crippen MR) is 134 cm³/mol. The van der Waals surface area contributed by atoms with Gasteiger partial charge in [-0.1, -0.05) is 19.4 Å². The summed E-state index contributed by atoms with van der Waals surface area (Å²) < 4.78 is 32.2. The van der Waals surface area contributed by atoms with Crippen LogP contribution in [0, 0.1) is 12.7 Å². The maximum Gasteiger partial charge on any atom is 0.219 e. The van der Waals surface area contributed by atoms with Crippen LogP contribution in [-0.4, -0.2) is 41.6 Å². The molecule has 7 heteroatoms. The maximum atomic E-state index is 13.9. The van der Waals surface area contributed by atoms with Crippen LogP contribution in [0.25, 0.3) is 10.9 Å². The molecule has 2 aromatic carbocycles. The van der Waals surface area contributed by atoms with E-state index < -0.39 is 0 Å². The van der Waals surface area contributed by atoms with Gasteiger partial charge in [-0.3, -0.25) is 4.79 Å². The van der Waals surface area contributed by atoms with Gasteiger partial charge in [0.1, 0.15) is 35.8 Å². The molecule has 0 bridgehead atoms. The van der Waals surface area contributed by atoms with Crippen LogP contribution in [0.15, 0.2) is 42.5 Å². The molecular formula is C28H33FN2O4. The Labute approximate surface area is 206 Å². The lowest BCUT2D eigenvalue weighted by Crippen LogP contribution is -2.40. The van der Waals surface area contributed by atoms with Crippen molar-refractivity contribution < 1.29 is 23.4 Å². The van der Waals surface area contributed by atoms with Crippen molar-refractivity contribution in [2.75, 3.05) is 19.7 Å². The third kappa shape index (κ3) is 6.21. The van der Waals surface area contributed by atoms with E-state index in [1.807, 2.05) is 36.1 Å². The number of ether oxygens (including phenoxy) is 3. The number of amides is 1. The van der Waals surface area contributed by atoms with Crippen molar-refractivity contribution >= 4 is 16.8 Å². The molecule has 6 nitrogen and oxygen atoms in total. The largest absolute Gasteiger partial charge is 0.493 e. The number of unbranched alkanes of at least 4 members (excludes halogenated alkanes) is 1. The molecule has 186 valence electrons. The van der Waals surface area contributed by atoms with E-state index >= 15 is 0 Å². The molecule has 35 heavy (non-hydrogen) atoms.